The zero-order valence-corrected chi connectivity index (χ0v) is 19.8. The lowest BCUT2D eigenvalue weighted by Gasteiger charge is -2.20. The van der Waals surface area contributed by atoms with Crippen LogP contribution in [0, 0.1) is 0 Å². The number of rotatable bonds is 8. The molecule has 0 aliphatic carbocycles. The Morgan fingerprint density at radius 3 is 2.35 bits per heavy atom. The molecule has 3 rings (SSSR count). The van der Waals surface area contributed by atoms with Gasteiger partial charge in [0.2, 0.25) is 16.1 Å². The van der Waals surface area contributed by atoms with Gasteiger partial charge in [-0.3, -0.25) is 10.1 Å². The summed E-state index contributed by atoms with van der Waals surface area (Å²) in [6.07, 6.45) is 0.0722. The first-order valence-electron chi connectivity index (χ1n) is 10.8. The van der Waals surface area contributed by atoms with Gasteiger partial charge in [-0.25, -0.2) is 18.0 Å². The standard InChI is InChI=1S/C23H27N3O7S/c1-3-24-23(29)25-21(27)20(16-9-5-4-6-10-16)33-22(28)17-11-12-18(32-2)19(15-17)34(30,31)26-13-7-8-14-26/h4-6,9-12,15,20H,3,7-8,13-14H2,1-2H3,(H2,24,25,27,29). The summed E-state index contributed by atoms with van der Waals surface area (Å²) in [6, 6.07) is 11.4. The van der Waals surface area contributed by atoms with Gasteiger partial charge >= 0.3 is 12.0 Å². The smallest absolute Gasteiger partial charge is 0.339 e. The van der Waals surface area contributed by atoms with Crippen molar-refractivity contribution in [3.63, 3.8) is 0 Å². The van der Waals surface area contributed by atoms with Crippen LogP contribution >= 0.6 is 0 Å². The molecule has 1 heterocycles. The molecule has 1 atom stereocenters. The summed E-state index contributed by atoms with van der Waals surface area (Å²) in [7, 11) is -2.55. The van der Waals surface area contributed by atoms with Gasteiger partial charge in [0, 0.05) is 25.2 Å². The zero-order chi connectivity index (χ0) is 24.7. The molecule has 1 aliphatic rings. The molecule has 182 valence electrons. The summed E-state index contributed by atoms with van der Waals surface area (Å²) in [5.41, 5.74) is 0.265. The summed E-state index contributed by atoms with van der Waals surface area (Å²) < 4.78 is 38.2. The van der Waals surface area contributed by atoms with Crippen molar-refractivity contribution in [3.05, 3.63) is 59.7 Å². The number of nitrogens with one attached hydrogen (secondary N) is 2. The van der Waals surface area contributed by atoms with Gasteiger partial charge in [-0.2, -0.15) is 4.31 Å². The lowest BCUT2D eigenvalue weighted by atomic mass is 10.1. The first kappa shape index (κ1) is 25.2. The highest BCUT2D eigenvalue weighted by molar-refractivity contribution is 7.89. The van der Waals surface area contributed by atoms with E-state index in [-0.39, 0.29) is 16.2 Å². The summed E-state index contributed by atoms with van der Waals surface area (Å²) in [5.74, 6) is -1.68. The van der Waals surface area contributed by atoms with E-state index in [2.05, 4.69) is 10.6 Å². The van der Waals surface area contributed by atoms with Crippen molar-refractivity contribution >= 4 is 27.9 Å². The molecule has 0 spiro atoms. The minimum Gasteiger partial charge on any atom is -0.495 e. The van der Waals surface area contributed by atoms with E-state index < -0.39 is 34.0 Å². The van der Waals surface area contributed by atoms with Gasteiger partial charge in [0.25, 0.3) is 5.91 Å². The molecule has 0 saturated carbocycles. The van der Waals surface area contributed by atoms with Gasteiger partial charge in [0.15, 0.2) is 0 Å². The third-order valence-corrected chi connectivity index (χ3v) is 7.14. The highest BCUT2D eigenvalue weighted by Crippen LogP contribution is 2.30. The SMILES string of the molecule is CCNC(=O)NC(=O)C(OC(=O)c1ccc(OC)c(S(=O)(=O)N2CCCC2)c1)c1ccccc1. The molecule has 1 saturated heterocycles. The summed E-state index contributed by atoms with van der Waals surface area (Å²) in [6.45, 7) is 2.76. The summed E-state index contributed by atoms with van der Waals surface area (Å²) >= 11 is 0. The number of esters is 1. The van der Waals surface area contributed by atoms with E-state index in [1.165, 1.54) is 29.6 Å². The van der Waals surface area contributed by atoms with E-state index in [1.807, 2.05) is 0 Å². The second-order valence-corrected chi connectivity index (χ2v) is 9.43. The van der Waals surface area contributed by atoms with Gasteiger partial charge in [-0.05, 0) is 38.0 Å². The van der Waals surface area contributed by atoms with E-state index in [0.717, 1.165) is 12.8 Å². The van der Waals surface area contributed by atoms with E-state index in [1.54, 1.807) is 37.3 Å². The molecule has 10 nitrogen and oxygen atoms in total. The van der Waals surface area contributed by atoms with Crippen LogP contribution in [0.5, 0.6) is 5.75 Å². The number of imide groups is 1. The number of carbonyl (C=O) groups is 3. The third kappa shape index (κ3) is 5.72. The molecule has 2 aromatic rings. The van der Waals surface area contributed by atoms with Crippen LogP contribution in [0.1, 0.15) is 41.8 Å². The summed E-state index contributed by atoms with van der Waals surface area (Å²) in [5, 5.41) is 4.57. The van der Waals surface area contributed by atoms with Crippen LogP contribution in [0.15, 0.2) is 53.4 Å². The molecular weight excluding hydrogens is 462 g/mol. The van der Waals surface area contributed by atoms with Crippen LogP contribution in [0.25, 0.3) is 0 Å². The topological polar surface area (TPSA) is 131 Å². The minimum atomic E-state index is -3.89. The first-order valence-corrected chi connectivity index (χ1v) is 12.2. The van der Waals surface area contributed by atoms with Crippen molar-refractivity contribution in [1.29, 1.82) is 0 Å². The number of ether oxygens (including phenoxy) is 2. The van der Waals surface area contributed by atoms with Crippen LogP contribution in [0.3, 0.4) is 0 Å². The van der Waals surface area contributed by atoms with E-state index in [4.69, 9.17) is 9.47 Å². The number of benzene rings is 2. The maximum Gasteiger partial charge on any atom is 0.339 e. The molecule has 2 aromatic carbocycles. The van der Waals surface area contributed by atoms with E-state index >= 15 is 0 Å². The molecule has 11 heteroatoms. The second kappa shape index (κ2) is 11.1. The number of methoxy groups -OCH3 is 1. The molecule has 0 radical (unpaired) electrons. The van der Waals surface area contributed by atoms with Gasteiger partial charge in [0.05, 0.1) is 12.7 Å². The van der Waals surface area contributed by atoms with Crippen molar-refractivity contribution < 1.29 is 32.3 Å². The molecule has 1 aliphatic heterocycles. The fourth-order valence-corrected chi connectivity index (χ4v) is 5.23. The van der Waals surface area contributed by atoms with Crippen LogP contribution in [-0.2, 0) is 19.6 Å². The largest absolute Gasteiger partial charge is 0.495 e. The van der Waals surface area contributed by atoms with Gasteiger partial charge in [-0.1, -0.05) is 30.3 Å². The normalized spacial score (nSPS) is 14.8. The van der Waals surface area contributed by atoms with Crippen molar-refractivity contribution in [3.8, 4) is 5.75 Å². The zero-order valence-electron chi connectivity index (χ0n) is 18.9. The van der Waals surface area contributed by atoms with Crippen LogP contribution in [0.2, 0.25) is 0 Å². The van der Waals surface area contributed by atoms with Crippen LogP contribution in [0.4, 0.5) is 4.79 Å². The molecule has 0 bridgehead atoms. The van der Waals surface area contributed by atoms with Crippen molar-refractivity contribution in [2.45, 2.75) is 30.8 Å². The Bertz CT molecular complexity index is 1150. The molecule has 34 heavy (non-hydrogen) atoms. The van der Waals surface area contributed by atoms with E-state index in [9.17, 15) is 22.8 Å². The Labute approximate surface area is 198 Å². The Hall–Kier alpha value is -3.44. The van der Waals surface area contributed by atoms with Crippen LogP contribution in [-0.4, -0.2) is 57.4 Å². The monoisotopic (exact) mass is 489 g/mol. The second-order valence-electron chi connectivity index (χ2n) is 7.52. The third-order valence-electron chi connectivity index (χ3n) is 5.22. The number of nitrogens with zero attached hydrogens (tertiary/aromatic N) is 1. The number of hydrogen-bond acceptors (Lipinski definition) is 7. The quantitative estimate of drug-likeness (QED) is 0.544. The van der Waals surface area contributed by atoms with Crippen molar-refractivity contribution in [2.75, 3.05) is 26.7 Å². The lowest BCUT2D eigenvalue weighted by molar-refractivity contribution is -0.129. The first-order chi connectivity index (χ1) is 16.3. The molecule has 1 fully saturated rings. The minimum absolute atomic E-state index is 0.0784. The Balaban J connectivity index is 1.90. The fourth-order valence-electron chi connectivity index (χ4n) is 3.53. The number of carbonyl (C=O) groups excluding carboxylic acids is 3. The molecule has 0 aromatic heterocycles. The highest BCUT2D eigenvalue weighted by Gasteiger charge is 2.32. The number of hydrogen-bond donors (Lipinski definition) is 2. The highest BCUT2D eigenvalue weighted by atomic mass is 32.2. The maximum atomic E-state index is 13.1. The molecule has 1 unspecified atom stereocenters. The van der Waals surface area contributed by atoms with Gasteiger partial charge < -0.3 is 14.8 Å². The predicted octanol–water partition coefficient (Wildman–Crippen LogP) is 2.22. The Kier molecular flexibility index (Phi) is 8.24. The number of sulfonamides is 1. The predicted molar refractivity (Wildman–Crippen MR) is 123 cm³/mol. The fraction of sp³-hybridized carbons (Fsp3) is 0.348. The lowest BCUT2D eigenvalue weighted by Crippen LogP contribution is -2.42. The number of urea groups is 1. The molecular formula is C23H27N3O7S. The number of amides is 3. The Morgan fingerprint density at radius 1 is 1.06 bits per heavy atom. The Morgan fingerprint density at radius 2 is 1.74 bits per heavy atom. The van der Waals surface area contributed by atoms with Crippen molar-refractivity contribution in [1.82, 2.24) is 14.9 Å². The average Bonchev–Trinajstić information content (AvgIpc) is 3.38. The van der Waals surface area contributed by atoms with Gasteiger partial charge in [-0.15, -0.1) is 0 Å². The van der Waals surface area contributed by atoms with Crippen LogP contribution < -0.4 is 15.4 Å². The van der Waals surface area contributed by atoms with Gasteiger partial charge in [0.1, 0.15) is 10.6 Å². The average molecular weight is 490 g/mol. The molecule has 3 amide bonds. The van der Waals surface area contributed by atoms with Crippen molar-refractivity contribution in [2.24, 2.45) is 0 Å². The summed E-state index contributed by atoms with van der Waals surface area (Å²) in [4.78, 5) is 37.4. The van der Waals surface area contributed by atoms with E-state index in [0.29, 0.717) is 25.2 Å². The maximum absolute atomic E-state index is 13.1. The molecule has 2 N–H and O–H groups in total.